The molecule has 2 aromatic rings. The van der Waals surface area contributed by atoms with E-state index in [1.807, 2.05) is 40.0 Å². The van der Waals surface area contributed by atoms with Gasteiger partial charge in [-0.2, -0.15) is 4.98 Å². The van der Waals surface area contributed by atoms with Crippen LogP contribution in [0.15, 0.2) is 18.3 Å². The first kappa shape index (κ1) is 15.6. The Labute approximate surface area is 135 Å². The average Bonchev–Trinajstić information content (AvgIpc) is 3.11. The third kappa shape index (κ3) is 3.38. The first-order valence-electron chi connectivity index (χ1n) is 7.85. The largest absolute Gasteiger partial charge is 0.444 e. The Morgan fingerprint density at radius 2 is 2.26 bits per heavy atom. The van der Waals surface area contributed by atoms with Gasteiger partial charge < -0.3 is 19.5 Å². The maximum Gasteiger partial charge on any atom is 0.410 e. The molecule has 7 nitrogen and oxygen atoms in total. The number of likely N-dealkylation sites (tertiary alicyclic amines) is 1. The zero-order valence-corrected chi connectivity index (χ0v) is 14.0. The van der Waals surface area contributed by atoms with Gasteiger partial charge in [0.05, 0.1) is 11.6 Å². The van der Waals surface area contributed by atoms with E-state index in [9.17, 15) is 4.79 Å². The molecule has 3 rings (SSSR count). The molecule has 0 spiro atoms. The lowest BCUT2D eigenvalue weighted by atomic mass is 10.2. The number of amides is 1. The number of carbonyl (C=O) groups is 1. The predicted molar refractivity (Wildman–Crippen MR) is 88.5 cm³/mol. The van der Waals surface area contributed by atoms with Gasteiger partial charge in [0.1, 0.15) is 5.60 Å². The van der Waals surface area contributed by atoms with Gasteiger partial charge in [0.25, 0.3) is 0 Å². The van der Waals surface area contributed by atoms with E-state index in [-0.39, 0.29) is 12.1 Å². The number of carbonyl (C=O) groups excluding carboxylic acids is 1. The molecule has 1 atom stereocenters. The van der Waals surface area contributed by atoms with Gasteiger partial charge in [-0.25, -0.2) is 9.78 Å². The number of H-pyrrole nitrogens is 1. The molecule has 23 heavy (non-hydrogen) atoms. The van der Waals surface area contributed by atoms with Crippen LogP contribution in [0.3, 0.4) is 0 Å². The Hall–Kier alpha value is -2.31. The zero-order chi connectivity index (χ0) is 16.6. The quantitative estimate of drug-likeness (QED) is 0.920. The molecule has 0 aromatic carbocycles. The minimum Gasteiger partial charge on any atom is -0.444 e. The van der Waals surface area contributed by atoms with E-state index < -0.39 is 5.60 Å². The highest BCUT2D eigenvalue weighted by Gasteiger charge is 2.32. The molecule has 0 bridgehead atoms. The number of hydrogen-bond donors (Lipinski definition) is 1. The first-order chi connectivity index (χ1) is 10.8. The molecule has 0 radical (unpaired) electrons. The fourth-order valence-electron chi connectivity index (χ4n) is 2.72. The lowest BCUT2D eigenvalue weighted by Gasteiger charge is -2.26. The number of aromatic nitrogens is 3. The van der Waals surface area contributed by atoms with Crippen molar-refractivity contribution < 1.29 is 9.53 Å². The van der Waals surface area contributed by atoms with E-state index in [0.29, 0.717) is 18.7 Å². The summed E-state index contributed by atoms with van der Waals surface area (Å²) in [5.74, 6) is 0.773. The van der Waals surface area contributed by atoms with Crippen LogP contribution in [0, 0.1) is 0 Å². The predicted octanol–water partition coefficient (Wildman–Crippen LogP) is 2.40. The van der Waals surface area contributed by atoms with Gasteiger partial charge in [-0.15, -0.1) is 0 Å². The molecular weight excluding hydrogens is 294 g/mol. The summed E-state index contributed by atoms with van der Waals surface area (Å²) in [5, 5.41) is 0. The van der Waals surface area contributed by atoms with Crippen LogP contribution in [-0.2, 0) is 4.74 Å². The summed E-state index contributed by atoms with van der Waals surface area (Å²) in [6.07, 6.45) is 2.37. The lowest BCUT2D eigenvalue weighted by Crippen LogP contribution is -2.39. The Morgan fingerprint density at radius 3 is 2.96 bits per heavy atom. The third-order valence-electron chi connectivity index (χ3n) is 3.94. The first-order valence-corrected chi connectivity index (χ1v) is 7.85. The van der Waals surface area contributed by atoms with Crippen molar-refractivity contribution in [3.63, 3.8) is 0 Å². The topological polar surface area (TPSA) is 74.4 Å². The number of likely N-dealkylation sites (N-methyl/N-ethyl adjacent to an activating group) is 1. The van der Waals surface area contributed by atoms with Crippen LogP contribution in [0.4, 0.5) is 10.7 Å². The second kappa shape index (κ2) is 5.72. The third-order valence-corrected chi connectivity index (χ3v) is 3.94. The molecule has 0 saturated carbocycles. The van der Waals surface area contributed by atoms with Crippen molar-refractivity contribution in [1.82, 2.24) is 19.9 Å². The van der Waals surface area contributed by atoms with E-state index in [1.165, 1.54) is 0 Å². The Balaban J connectivity index is 1.67. The fraction of sp³-hybridized carbons (Fsp3) is 0.562. The number of imidazole rings is 1. The summed E-state index contributed by atoms with van der Waals surface area (Å²) in [6, 6.07) is 4.04. The number of ether oxygens (including phenoxy) is 1. The highest BCUT2D eigenvalue weighted by atomic mass is 16.6. The Morgan fingerprint density at radius 1 is 1.48 bits per heavy atom. The molecule has 1 saturated heterocycles. The van der Waals surface area contributed by atoms with Crippen LogP contribution in [0.5, 0.6) is 0 Å². The Kier molecular flexibility index (Phi) is 3.87. The number of aromatic amines is 1. The van der Waals surface area contributed by atoms with Crippen molar-refractivity contribution in [1.29, 1.82) is 0 Å². The van der Waals surface area contributed by atoms with E-state index in [4.69, 9.17) is 4.74 Å². The van der Waals surface area contributed by atoms with Crippen molar-refractivity contribution in [3.8, 4) is 0 Å². The number of rotatable bonds is 2. The smallest absolute Gasteiger partial charge is 0.410 e. The van der Waals surface area contributed by atoms with Gasteiger partial charge in [-0.3, -0.25) is 0 Å². The summed E-state index contributed by atoms with van der Waals surface area (Å²) in [7, 11) is 1.99. The van der Waals surface area contributed by atoms with Crippen LogP contribution >= 0.6 is 0 Å². The van der Waals surface area contributed by atoms with Crippen molar-refractivity contribution >= 4 is 23.2 Å². The van der Waals surface area contributed by atoms with Crippen molar-refractivity contribution in [2.45, 2.75) is 38.8 Å². The molecule has 1 aliphatic heterocycles. The van der Waals surface area contributed by atoms with Gasteiger partial charge in [0.15, 0.2) is 5.65 Å². The average molecular weight is 317 g/mol. The molecule has 1 fully saturated rings. The summed E-state index contributed by atoms with van der Waals surface area (Å²) < 4.78 is 5.44. The number of fused-ring (bicyclic) bond motifs is 1. The minimum atomic E-state index is -0.467. The van der Waals surface area contributed by atoms with Crippen molar-refractivity contribution in [3.05, 3.63) is 18.3 Å². The minimum absolute atomic E-state index is 0.211. The fourth-order valence-corrected chi connectivity index (χ4v) is 2.72. The van der Waals surface area contributed by atoms with E-state index in [2.05, 4.69) is 19.9 Å². The van der Waals surface area contributed by atoms with Crippen molar-refractivity contribution in [2.75, 3.05) is 25.0 Å². The molecule has 3 heterocycles. The van der Waals surface area contributed by atoms with Gasteiger partial charge >= 0.3 is 6.09 Å². The van der Waals surface area contributed by atoms with Crippen LogP contribution in [0.2, 0.25) is 0 Å². The summed E-state index contributed by atoms with van der Waals surface area (Å²) in [6.45, 7) is 6.97. The SMILES string of the molecule is CN(c1nc2ncccc2[nH]1)[C@@H]1CCN(C(=O)OC(C)(C)C)C1. The molecule has 2 aromatic heterocycles. The number of hydrogen-bond acceptors (Lipinski definition) is 5. The second-order valence-corrected chi connectivity index (χ2v) is 6.91. The monoisotopic (exact) mass is 317 g/mol. The van der Waals surface area contributed by atoms with Crippen LogP contribution in [0.25, 0.3) is 11.2 Å². The lowest BCUT2D eigenvalue weighted by molar-refractivity contribution is 0.0292. The molecule has 0 unspecified atom stereocenters. The zero-order valence-electron chi connectivity index (χ0n) is 14.0. The van der Waals surface area contributed by atoms with Crippen LogP contribution < -0.4 is 4.90 Å². The molecular formula is C16H23N5O2. The molecule has 1 aliphatic rings. The van der Waals surface area contributed by atoms with Gasteiger partial charge in [-0.1, -0.05) is 0 Å². The maximum atomic E-state index is 12.2. The molecule has 1 N–H and O–H groups in total. The number of nitrogens with zero attached hydrogens (tertiary/aromatic N) is 4. The van der Waals surface area contributed by atoms with Gasteiger partial charge in [-0.05, 0) is 39.3 Å². The molecule has 1 amide bonds. The summed E-state index contributed by atoms with van der Waals surface area (Å²) >= 11 is 0. The highest BCUT2D eigenvalue weighted by Crippen LogP contribution is 2.22. The van der Waals surface area contributed by atoms with E-state index in [1.54, 1.807) is 11.1 Å². The summed E-state index contributed by atoms with van der Waals surface area (Å²) in [4.78, 5) is 28.0. The molecule has 124 valence electrons. The maximum absolute atomic E-state index is 12.2. The Bertz CT molecular complexity index is 673. The van der Waals surface area contributed by atoms with Gasteiger partial charge in [0.2, 0.25) is 5.95 Å². The molecule has 0 aliphatic carbocycles. The van der Waals surface area contributed by atoms with E-state index in [0.717, 1.165) is 17.9 Å². The van der Waals surface area contributed by atoms with Crippen molar-refractivity contribution in [2.24, 2.45) is 0 Å². The number of pyridine rings is 1. The van der Waals surface area contributed by atoms with E-state index >= 15 is 0 Å². The van der Waals surface area contributed by atoms with Crippen LogP contribution in [0.1, 0.15) is 27.2 Å². The highest BCUT2D eigenvalue weighted by molar-refractivity contribution is 5.73. The normalized spacial score (nSPS) is 18.4. The van der Waals surface area contributed by atoms with Gasteiger partial charge in [0, 0.05) is 26.3 Å². The standard InChI is InChI=1S/C16H23N5O2/c1-16(2,3)23-15(22)21-9-7-11(10-21)20(4)14-18-12-6-5-8-17-13(12)19-14/h5-6,8,11H,7,9-10H2,1-4H3,(H,17,18,19)/t11-/m1/s1. The van der Waals surface area contributed by atoms with Crippen LogP contribution in [-0.4, -0.2) is 57.7 Å². The molecule has 7 heteroatoms. The second-order valence-electron chi connectivity index (χ2n) is 6.91. The number of nitrogens with one attached hydrogen (secondary N) is 1. The number of anilines is 1. The summed E-state index contributed by atoms with van der Waals surface area (Å²) in [5.41, 5.74) is 1.15.